The SMILES string of the molecule is COCC1CCCN(C(=O)c2n[nH]c(C)c2N)C1. The molecule has 2 rings (SSSR count). The van der Waals surface area contributed by atoms with Crippen LogP contribution < -0.4 is 5.73 Å². The van der Waals surface area contributed by atoms with Crippen molar-refractivity contribution >= 4 is 11.6 Å². The predicted octanol–water partition coefficient (Wildman–Crippen LogP) is 0.799. The van der Waals surface area contributed by atoms with Gasteiger partial charge in [0.2, 0.25) is 0 Å². The fourth-order valence-electron chi connectivity index (χ4n) is 2.37. The maximum absolute atomic E-state index is 12.3. The van der Waals surface area contributed by atoms with Gasteiger partial charge in [-0.05, 0) is 25.7 Å². The lowest BCUT2D eigenvalue weighted by Gasteiger charge is -2.32. The minimum Gasteiger partial charge on any atom is -0.395 e. The van der Waals surface area contributed by atoms with E-state index in [0.717, 1.165) is 31.6 Å². The summed E-state index contributed by atoms with van der Waals surface area (Å²) in [6, 6.07) is 0. The summed E-state index contributed by atoms with van der Waals surface area (Å²) >= 11 is 0. The minimum atomic E-state index is -0.0855. The Labute approximate surface area is 106 Å². The number of aryl methyl sites for hydroxylation is 1. The Morgan fingerprint density at radius 3 is 3.06 bits per heavy atom. The Bertz CT molecular complexity index is 428. The lowest BCUT2D eigenvalue weighted by atomic mass is 9.98. The monoisotopic (exact) mass is 252 g/mol. The van der Waals surface area contributed by atoms with Gasteiger partial charge in [0.05, 0.1) is 18.0 Å². The van der Waals surface area contributed by atoms with Gasteiger partial charge in [0.15, 0.2) is 5.69 Å². The first kappa shape index (κ1) is 12.9. The number of nitrogen functional groups attached to an aromatic ring is 1. The zero-order valence-electron chi connectivity index (χ0n) is 10.9. The molecule has 100 valence electrons. The first-order valence-corrected chi connectivity index (χ1v) is 6.22. The van der Waals surface area contributed by atoms with Crippen molar-refractivity contribution in [3.63, 3.8) is 0 Å². The highest BCUT2D eigenvalue weighted by Crippen LogP contribution is 2.21. The standard InChI is InChI=1S/C12H20N4O2/c1-8-10(13)11(15-14-8)12(17)16-5-3-4-9(6-16)7-18-2/h9H,3-7,13H2,1-2H3,(H,14,15). The Balaban J connectivity index is 2.07. The molecule has 1 unspecified atom stereocenters. The highest BCUT2D eigenvalue weighted by molar-refractivity contribution is 5.97. The number of likely N-dealkylation sites (tertiary alicyclic amines) is 1. The van der Waals surface area contributed by atoms with Crippen LogP contribution in [0.3, 0.4) is 0 Å². The zero-order chi connectivity index (χ0) is 13.1. The third-order valence-corrected chi connectivity index (χ3v) is 3.41. The second kappa shape index (κ2) is 5.39. The molecule has 2 heterocycles. The van der Waals surface area contributed by atoms with Gasteiger partial charge in [0, 0.05) is 20.2 Å². The van der Waals surface area contributed by atoms with Crippen LogP contribution in [-0.4, -0.2) is 47.8 Å². The van der Waals surface area contributed by atoms with Crippen LogP contribution in [0.4, 0.5) is 5.69 Å². The summed E-state index contributed by atoms with van der Waals surface area (Å²) in [4.78, 5) is 14.1. The molecule has 1 fully saturated rings. The maximum Gasteiger partial charge on any atom is 0.276 e. The molecular weight excluding hydrogens is 232 g/mol. The molecule has 1 aliphatic heterocycles. The number of hydrogen-bond donors (Lipinski definition) is 2. The number of rotatable bonds is 3. The predicted molar refractivity (Wildman–Crippen MR) is 68.2 cm³/mol. The van der Waals surface area contributed by atoms with E-state index in [-0.39, 0.29) is 5.91 Å². The van der Waals surface area contributed by atoms with E-state index in [2.05, 4.69) is 10.2 Å². The van der Waals surface area contributed by atoms with Gasteiger partial charge in [-0.25, -0.2) is 0 Å². The fourth-order valence-corrected chi connectivity index (χ4v) is 2.37. The zero-order valence-corrected chi connectivity index (χ0v) is 10.9. The molecule has 3 N–H and O–H groups in total. The van der Waals surface area contributed by atoms with Gasteiger partial charge in [0.1, 0.15) is 0 Å². The number of hydrogen-bond acceptors (Lipinski definition) is 4. The first-order chi connectivity index (χ1) is 8.63. The summed E-state index contributed by atoms with van der Waals surface area (Å²) in [5.41, 5.74) is 7.37. The molecule has 18 heavy (non-hydrogen) atoms. The number of nitrogens with one attached hydrogen (secondary N) is 1. The van der Waals surface area contributed by atoms with Gasteiger partial charge in [-0.2, -0.15) is 5.10 Å². The molecule has 1 atom stereocenters. The molecule has 0 bridgehead atoms. The number of amides is 1. The Morgan fingerprint density at radius 1 is 1.67 bits per heavy atom. The lowest BCUT2D eigenvalue weighted by molar-refractivity contribution is 0.0566. The summed E-state index contributed by atoms with van der Waals surface area (Å²) < 4.78 is 5.16. The molecular formula is C12H20N4O2. The van der Waals surface area contributed by atoms with Crippen molar-refractivity contribution in [1.29, 1.82) is 0 Å². The Kier molecular flexibility index (Phi) is 3.86. The molecule has 1 saturated heterocycles. The van der Waals surface area contributed by atoms with Crippen LogP contribution in [0.1, 0.15) is 29.0 Å². The van der Waals surface area contributed by atoms with E-state index in [9.17, 15) is 4.79 Å². The van der Waals surface area contributed by atoms with Crippen LogP contribution in [-0.2, 0) is 4.74 Å². The minimum absolute atomic E-state index is 0.0855. The molecule has 0 radical (unpaired) electrons. The molecule has 6 heteroatoms. The summed E-state index contributed by atoms with van der Waals surface area (Å²) in [5, 5.41) is 6.74. The normalized spacial score (nSPS) is 20.1. The van der Waals surface area contributed by atoms with Crippen molar-refractivity contribution in [3.8, 4) is 0 Å². The quantitative estimate of drug-likeness (QED) is 0.833. The van der Waals surface area contributed by atoms with Crippen LogP contribution in [0, 0.1) is 12.8 Å². The van der Waals surface area contributed by atoms with Crippen molar-refractivity contribution in [1.82, 2.24) is 15.1 Å². The smallest absolute Gasteiger partial charge is 0.276 e. The topological polar surface area (TPSA) is 84.2 Å². The molecule has 1 amide bonds. The third kappa shape index (κ3) is 2.48. The molecule has 6 nitrogen and oxygen atoms in total. The van der Waals surface area contributed by atoms with Crippen LogP contribution in [0.5, 0.6) is 0 Å². The molecule has 0 aromatic carbocycles. The highest BCUT2D eigenvalue weighted by Gasteiger charge is 2.27. The van der Waals surface area contributed by atoms with E-state index in [4.69, 9.17) is 10.5 Å². The number of carbonyl (C=O) groups is 1. The fraction of sp³-hybridized carbons (Fsp3) is 0.667. The van der Waals surface area contributed by atoms with Gasteiger partial charge in [-0.1, -0.05) is 0 Å². The molecule has 0 spiro atoms. The average molecular weight is 252 g/mol. The number of aromatic nitrogens is 2. The number of nitrogens with zero attached hydrogens (tertiary/aromatic N) is 2. The molecule has 0 aliphatic carbocycles. The number of ether oxygens (including phenoxy) is 1. The van der Waals surface area contributed by atoms with Gasteiger partial charge in [0.25, 0.3) is 5.91 Å². The van der Waals surface area contributed by atoms with Crippen molar-refractivity contribution in [2.45, 2.75) is 19.8 Å². The first-order valence-electron chi connectivity index (χ1n) is 6.22. The van der Waals surface area contributed by atoms with Crippen LogP contribution in [0.25, 0.3) is 0 Å². The average Bonchev–Trinajstić information content (AvgIpc) is 2.70. The highest BCUT2D eigenvalue weighted by atomic mass is 16.5. The molecule has 1 aromatic rings. The van der Waals surface area contributed by atoms with Crippen molar-refractivity contribution < 1.29 is 9.53 Å². The van der Waals surface area contributed by atoms with E-state index < -0.39 is 0 Å². The van der Waals surface area contributed by atoms with Crippen LogP contribution in [0.2, 0.25) is 0 Å². The maximum atomic E-state index is 12.3. The van der Waals surface area contributed by atoms with Crippen LogP contribution in [0.15, 0.2) is 0 Å². The van der Waals surface area contributed by atoms with Gasteiger partial charge < -0.3 is 15.4 Å². The molecule has 0 saturated carbocycles. The van der Waals surface area contributed by atoms with Crippen molar-refractivity contribution in [3.05, 3.63) is 11.4 Å². The molecule has 1 aromatic heterocycles. The van der Waals surface area contributed by atoms with E-state index in [0.29, 0.717) is 23.9 Å². The second-order valence-electron chi connectivity index (χ2n) is 4.83. The largest absolute Gasteiger partial charge is 0.395 e. The van der Waals surface area contributed by atoms with E-state index in [1.54, 1.807) is 7.11 Å². The summed E-state index contributed by atoms with van der Waals surface area (Å²) in [6.45, 7) is 3.99. The lowest BCUT2D eigenvalue weighted by Crippen LogP contribution is -2.41. The Hall–Kier alpha value is -1.56. The van der Waals surface area contributed by atoms with Crippen molar-refractivity contribution in [2.75, 3.05) is 32.5 Å². The summed E-state index contributed by atoms with van der Waals surface area (Å²) in [5.74, 6) is 0.326. The number of aromatic amines is 1. The summed E-state index contributed by atoms with van der Waals surface area (Å²) in [6.07, 6.45) is 2.11. The van der Waals surface area contributed by atoms with Crippen LogP contribution >= 0.6 is 0 Å². The summed E-state index contributed by atoms with van der Waals surface area (Å²) in [7, 11) is 1.69. The van der Waals surface area contributed by atoms with Gasteiger partial charge in [-0.3, -0.25) is 9.89 Å². The Morgan fingerprint density at radius 2 is 2.44 bits per heavy atom. The third-order valence-electron chi connectivity index (χ3n) is 3.41. The van der Waals surface area contributed by atoms with Gasteiger partial charge in [-0.15, -0.1) is 0 Å². The van der Waals surface area contributed by atoms with Crippen molar-refractivity contribution in [2.24, 2.45) is 5.92 Å². The molecule has 1 aliphatic rings. The number of H-pyrrole nitrogens is 1. The number of piperidine rings is 1. The van der Waals surface area contributed by atoms with E-state index in [1.165, 1.54) is 0 Å². The number of nitrogens with two attached hydrogens (primary N) is 1. The second-order valence-corrected chi connectivity index (χ2v) is 4.83. The van der Waals surface area contributed by atoms with Gasteiger partial charge >= 0.3 is 0 Å². The van der Waals surface area contributed by atoms with E-state index >= 15 is 0 Å². The number of carbonyl (C=O) groups excluding carboxylic acids is 1. The van der Waals surface area contributed by atoms with E-state index in [1.807, 2.05) is 11.8 Å². The number of anilines is 1. The number of methoxy groups -OCH3 is 1.